The van der Waals surface area contributed by atoms with Crippen molar-refractivity contribution in [3.8, 4) is 11.5 Å². The first kappa shape index (κ1) is 13.2. The third-order valence-electron chi connectivity index (χ3n) is 3.74. The van der Waals surface area contributed by atoms with Gasteiger partial charge in [0.1, 0.15) is 11.5 Å². The van der Waals surface area contributed by atoms with Gasteiger partial charge in [-0.05, 0) is 42.5 Å². The van der Waals surface area contributed by atoms with Gasteiger partial charge in [0, 0.05) is 13.1 Å². The molecule has 3 nitrogen and oxygen atoms in total. The van der Waals surface area contributed by atoms with Gasteiger partial charge in [-0.2, -0.15) is 0 Å². The molecule has 1 saturated heterocycles. The Kier molecular flexibility index (Phi) is 4.48. The number of hydrogen-bond acceptors (Lipinski definition) is 3. The van der Waals surface area contributed by atoms with Crippen molar-refractivity contribution in [2.75, 3.05) is 26.8 Å². The SMILES string of the molecule is CCCC1(CCOc2ccc(OC)cc2)CNC1. The molecule has 0 aliphatic carbocycles. The van der Waals surface area contributed by atoms with E-state index in [1.54, 1.807) is 7.11 Å². The summed E-state index contributed by atoms with van der Waals surface area (Å²) in [6, 6.07) is 7.79. The highest BCUT2D eigenvalue weighted by atomic mass is 16.5. The Morgan fingerprint density at radius 1 is 1.11 bits per heavy atom. The molecule has 1 N–H and O–H groups in total. The zero-order chi connectivity index (χ0) is 12.8. The Morgan fingerprint density at radius 3 is 2.28 bits per heavy atom. The molecule has 1 aliphatic rings. The average molecular weight is 249 g/mol. The Labute approximate surface area is 109 Å². The van der Waals surface area contributed by atoms with E-state index in [0.29, 0.717) is 5.41 Å². The Bertz CT molecular complexity index is 357. The fourth-order valence-electron chi connectivity index (χ4n) is 2.54. The smallest absolute Gasteiger partial charge is 0.119 e. The van der Waals surface area contributed by atoms with Crippen molar-refractivity contribution in [1.29, 1.82) is 0 Å². The van der Waals surface area contributed by atoms with E-state index in [-0.39, 0.29) is 0 Å². The van der Waals surface area contributed by atoms with Crippen LogP contribution in [0.3, 0.4) is 0 Å². The van der Waals surface area contributed by atoms with Crippen LogP contribution >= 0.6 is 0 Å². The third-order valence-corrected chi connectivity index (χ3v) is 3.74. The van der Waals surface area contributed by atoms with Crippen LogP contribution in [0.1, 0.15) is 26.2 Å². The number of ether oxygens (including phenoxy) is 2. The zero-order valence-corrected chi connectivity index (χ0v) is 11.4. The van der Waals surface area contributed by atoms with Crippen LogP contribution in [0.15, 0.2) is 24.3 Å². The first-order valence-corrected chi connectivity index (χ1v) is 6.75. The van der Waals surface area contributed by atoms with E-state index in [9.17, 15) is 0 Å². The maximum absolute atomic E-state index is 5.80. The van der Waals surface area contributed by atoms with Gasteiger partial charge in [0.25, 0.3) is 0 Å². The summed E-state index contributed by atoms with van der Waals surface area (Å²) >= 11 is 0. The molecule has 1 aromatic carbocycles. The van der Waals surface area contributed by atoms with E-state index in [2.05, 4.69) is 12.2 Å². The molecule has 0 bridgehead atoms. The van der Waals surface area contributed by atoms with Crippen molar-refractivity contribution >= 4 is 0 Å². The summed E-state index contributed by atoms with van der Waals surface area (Å²) in [7, 11) is 1.67. The van der Waals surface area contributed by atoms with E-state index in [1.807, 2.05) is 24.3 Å². The van der Waals surface area contributed by atoms with Gasteiger partial charge in [-0.15, -0.1) is 0 Å². The Balaban J connectivity index is 1.77. The van der Waals surface area contributed by atoms with E-state index in [4.69, 9.17) is 9.47 Å². The molecule has 0 unspecified atom stereocenters. The maximum atomic E-state index is 5.80. The molecule has 100 valence electrons. The standard InChI is InChI=1S/C15H23NO2/c1-3-8-15(11-16-12-15)9-10-18-14-6-4-13(17-2)5-7-14/h4-7,16H,3,8-12H2,1-2H3. The molecular formula is C15H23NO2. The second-order valence-electron chi connectivity index (χ2n) is 5.13. The molecule has 2 rings (SSSR count). The Hall–Kier alpha value is -1.22. The summed E-state index contributed by atoms with van der Waals surface area (Å²) in [5.41, 5.74) is 0.487. The van der Waals surface area contributed by atoms with Crippen LogP contribution in [-0.2, 0) is 0 Å². The van der Waals surface area contributed by atoms with E-state index >= 15 is 0 Å². The second kappa shape index (κ2) is 6.10. The highest BCUT2D eigenvalue weighted by Crippen LogP contribution is 2.32. The molecule has 18 heavy (non-hydrogen) atoms. The molecule has 1 aromatic rings. The normalized spacial score (nSPS) is 17.0. The van der Waals surface area contributed by atoms with Crippen molar-refractivity contribution in [2.45, 2.75) is 26.2 Å². The monoisotopic (exact) mass is 249 g/mol. The van der Waals surface area contributed by atoms with Crippen LogP contribution in [-0.4, -0.2) is 26.8 Å². The summed E-state index contributed by atoms with van der Waals surface area (Å²) in [5, 5.41) is 3.38. The number of hydrogen-bond donors (Lipinski definition) is 1. The highest BCUT2D eigenvalue weighted by molar-refractivity contribution is 5.31. The van der Waals surface area contributed by atoms with Gasteiger partial charge in [-0.25, -0.2) is 0 Å². The molecule has 0 atom stereocenters. The second-order valence-corrected chi connectivity index (χ2v) is 5.13. The van der Waals surface area contributed by atoms with Crippen LogP contribution in [0.2, 0.25) is 0 Å². The first-order valence-electron chi connectivity index (χ1n) is 6.75. The predicted octanol–water partition coefficient (Wildman–Crippen LogP) is 2.85. The van der Waals surface area contributed by atoms with Crippen LogP contribution < -0.4 is 14.8 Å². The number of benzene rings is 1. The topological polar surface area (TPSA) is 30.5 Å². The minimum Gasteiger partial charge on any atom is -0.497 e. The van der Waals surface area contributed by atoms with Crippen molar-refractivity contribution in [2.24, 2.45) is 5.41 Å². The lowest BCUT2D eigenvalue weighted by Gasteiger charge is -2.42. The lowest BCUT2D eigenvalue weighted by atomic mass is 9.75. The van der Waals surface area contributed by atoms with Crippen molar-refractivity contribution < 1.29 is 9.47 Å². The molecule has 0 radical (unpaired) electrons. The third kappa shape index (κ3) is 3.16. The van der Waals surface area contributed by atoms with Crippen LogP contribution in [0.5, 0.6) is 11.5 Å². The molecule has 3 heteroatoms. The quantitative estimate of drug-likeness (QED) is 0.806. The van der Waals surface area contributed by atoms with Crippen LogP contribution in [0.4, 0.5) is 0 Å². The fraction of sp³-hybridized carbons (Fsp3) is 0.600. The summed E-state index contributed by atoms with van der Waals surface area (Å²) in [4.78, 5) is 0. The minimum atomic E-state index is 0.487. The van der Waals surface area contributed by atoms with Crippen molar-refractivity contribution in [3.05, 3.63) is 24.3 Å². The zero-order valence-electron chi connectivity index (χ0n) is 11.4. The summed E-state index contributed by atoms with van der Waals surface area (Å²) in [6.45, 7) is 5.35. The van der Waals surface area contributed by atoms with Crippen molar-refractivity contribution in [3.63, 3.8) is 0 Å². The number of nitrogens with one attached hydrogen (secondary N) is 1. The molecular weight excluding hydrogens is 226 g/mol. The van der Waals surface area contributed by atoms with E-state index < -0.39 is 0 Å². The molecule has 1 heterocycles. The number of rotatable bonds is 7. The van der Waals surface area contributed by atoms with Gasteiger partial charge in [0.2, 0.25) is 0 Å². The summed E-state index contributed by atoms with van der Waals surface area (Å²) < 4.78 is 10.9. The van der Waals surface area contributed by atoms with Crippen molar-refractivity contribution in [1.82, 2.24) is 5.32 Å². The fourth-order valence-corrected chi connectivity index (χ4v) is 2.54. The van der Waals surface area contributed by atoms with Gasteiger partial charge >= 0.3 is 0 Å². The molecule has 0 amide bonds. The lowest BCUT2D eigenvalue weighted by Crippen LogP contribution is -2.53. The minimum absolute atomic E-state index is 0.487. The van der Waals surface area contributed by atoms with E-state index in [1.165, 1.54) is 12.8 Å². The highest BCUT2D eigenvalue weighted by Gasteiger charge is 2.35. The summed E-state index contributed by atoms with van der Waals surface area (Å²) in [5.74, 6) is 1.79. The van der Waals surface area contributed by atoms with Gasteiger partial charge in [0.05, 0.1) is 13.7 Å². The molecule has 1 aliphatic heterocycles. The summed E-state index contributed by atoms with van der Waals surface area (Å²) in [6.07, 6.45) is 3.69. The molecule has 0 aromatic heterocycles. The predicted molar refractivity (Wildman–Crippen MR) is 73.3 cm³/mol. The lowest BCUT2D eigenvalue weighted by molar-refractivity contribution is 0.109. The average Bonchev–Trinajstić information content (AvgIpc) is 2.36. The largest absolute Gasteiger partial charge is 0.497 e. The molecule has 1 fully saturated rings. The number of methoxy groups -OCH3 is 1. The van der Waals surface area contributed by atoms with Crippen LogP contribution in [0.25, 0.3) is 0 Å². The first-order chi connectivity index (χ1) is 8.78. The Morgan fingerprint density at radius 2 is 1.78 bits per heavy atom. The molecule has 0 saturated carbocycles. The van der Waals surface area contributed by atoms with Gasteiger partial charge in [-0.1, -0.05) is 13.3 Å². The van der Waals surface area contributed by atoms with Gasteiger partial charge in [0.15, 0.2) is 0 Å². The maximum Gasteiger partial charge on any atom is 0.119 e. The van der Waals surface area contributed by atoms with Gasteiger partial charge in [-0.3, -0.25) is 0 Å². The van der Waals surface area contributed by atoms with E-state index in [0.717, 1.165) is 37.6 Å². The van der Waals surface area contributed by atoms with Crippen LogP contribution in [0, 0.1) is 5.41 Å². The van der Waals surface area contributed by atoms with Gasteiger partial charge < -0.3 is 14.8 Å². The molecule has 0 spiro atoms.